The Labute approximate surface area is 158 Å². The molecule has 3 heterocycles. The van der Waals surface area contributed by atoms with Crippen molar-refractivity contribution in [1.82, 2.24) is 28.8 Å². The third-order valence-corrected chi connectivity index (χ3v) is 6.71. The normalized spacial score (nSPS) is 16.3. The Morgan fingerprint density at radius 3 is 2.63 bits per heavy atom. The standard InChI is InChI=1S/C16H26N6O4S/c1-13-16-14(19(2)18-13)12-17-22(16)5-4-15(23)20-6-8-21(9-7-20)27(24,25)11-10-26-3/h12H,4-11H2,1-3H3. The number of nitrogens with zero attached hydrogens (tertiary/aromatic N) is 6. The van der Waals surface area contributed by atoms with E-state index < -0.39 is 10.0 Å². The van der Waals surface area contributed by atoms with Crippen molar-refractivity contribution >= 4 is 27.0 Å². The molecule has 1 amide bonds. The first kappa shape index (κ1) is 19.8. The van der Waals surface area contributed by atoms with Gasteiger partial charge in [0.2, 0.25) is 15.9 Å². The number of ether oxygens (including phenoxy) is 1. The van der Waals surface area contributed by atoms with Crippen LogP contribution >= 0.6 is 0 Å². The summed E-state index contributed by atoms with van der Waals surface area (Å²) in [5.74, 6) is -0.0221. The van der Waals surface area contributed by atoms with Crippen LogP contribution in [-0.2, 0) is 33.1 Å². The molecule has 1 aliphatic rings. The van der Waals surface area contributed by atoms with Gasteiger partial charge < -0.3 is 9.64 Å². The number of sulfonamides is 1. The van der Waals surface area contributed by atoms with Crippen molar-refractivity contribution in [2.24, 2.45) is 7.05 Å². The number of carbonyl (C=O) groups is 1. The van der Waals surface area contributed by atoms with Crippen LogP contribution in [0.2, 0.25) is 0 Å². The number of aromatic nitrogens is 4. The number of aryl methyl sites for hydroxylation is 3. The number of fused-ring (bicyclic) bond motifs is 1. The first-order valence-electron chi connectivity index (χ1n) is 8.93. The zero-order valence-electron chi connectivity index (χ0n) is 16.0. The summed E-state index contributed by atoms with van der Waals surface area (Å²) in [7, 11) is 0.0243. The molecule has 0 bridgehead atoms. The summed E-state index contributed by atoms with van der Waals surface area (Å²) in [5.41, 5.74) is 2.77. The summed E-state index contributed by atoms with van der Waals surface area (Å²) < 4.78 is 34.2. The second kappa shape index (κ2) is 7.95. The monoisotopic (exact) mass is 398 g/mol. The van der Waals surface area contributed by atoms with Gasteiger partial charge in [-0.1, -0.05) is 0 Å². The van der Waals surface area contributed by atoms with E-state index in [-0.39, 0.29) is 18.3 Å². The zero-order chi connectivity index (χ0) is 19.6. The predicted octanol–water partition coefficient (Wildman–Crippen LogP) is -0.411. The summed E-state index contributed by atoms with van der Waals surface area (Å²) in [6.07, 6.45) is 2.07. The highest BCUT2D eigenvalue weighted by Gasteiger charge is 2.28. The van der Waals surface area contributed by atoms with Crippen molar-refractivity contribution in [1.29, 1.82) is 0 Å². The molecule has 0 aromatic carbocycles. The van der Waals surface area contributed by atoms with Crippen LogP contribution in [0.5, 0.6) is 0 Å². The fourth-order valence-corrected chi connectivity index (χ4v) is 4.73. The molecule has 1 saturated heterocycles. The molecule has 0 N–H and O–H groups in total. The van der Waals surface area contributed by atoms with Gasteiger partial charge in [0.15, 0.2) is 0 Å². The van der Waals surface area contributed by atoms with Crippen LogP contribution in [0.15, 0.2) is 6.20 Å². The van der Waals surface area contributed by atoms with Crippen molar-refractivity contribution in [2.45, 2.75) is 19.9 Å². The number of hydrogen-bond donors (Lipinski definition) is 0. The molecule has 0 saturated carbocycles. The molecule has 0 aliphatic carbocycles. The van der Waals surface area contributed by atoms with Gasteiger partial charge in [0.05, 0.1) is 30.8 Å². The minimum Gasteiger partial charge on any atom is -0.384 e. The van der Waals surface area contributed by atoms with E-state index in [0.717, 1.165) is 16.7 Å². The number of methoxy groups -OCH3 is 1. The maximum Gasteiger partial charge on any atom is 0.224 e. The average molecular weight is 398 g/mol. The van der Waals surface area contributed by atoms with Gasteiger partial charge in [0.1, 0.15) is 11.0 Å². The Morgan fingerprint density at radius 2 is 1.96 bits per heavy atom. The lowest BCUT2D eigenvalue weighted by Crippen LogP contribution is -2.51. The molecule has 3 rings (SSSR count). The van der Waals surface area contributed by atoms with Gasteiger partial charge in [-0.2, -0.15) is 14.5 Å². The van der Waals surface area contributed by atoms with Crippen LogP contribution in [0.3, 0.4) is 0 Å². The molecule has 2 aromatic rings. The first-order chi connectivity index (χ1) is 12.8. The lowest BCUT2D eigenvalue weighted by atomic mass is 10.3. The number of rotatable bonds is 7. The molecule has 0 spiro atoms. The summed E-state index contributed by atoms with van der Waals surface area (Å²) in [6, 6.07) is 0. The van der Waals surface area contributed by atoms with Crippen LogP contribution in [0, 0.1) is 6.92 Å². The number of hydrogen-bond acceptors (Lipinski definition) is 6. The molecule has 1 aliphatic heterocycles. The van der Waals surface area contributed by atoms with Crippen molar-refractivity contribution in [2.75, 3.05) is 45.6 Å². The van der Waals surface area contributed by atoms with E-state index in [1.54, 1.807) is 20.5 Å². The van der Waals surface area contributed by atoms with Gasteiger partial charge >= 0.3 is 0 Å². The van der Waals surface area contributed by atoms with Gasteiger partial charge in [-0.05, 0) is 6.92 Å². The summed E-state index contributed by atoms with van der Waals surface area (Å²) >= 11 is 0. The number of piperazine rings is 1. The lowest BCUT2D eigenvalue weighted by Gasteiger charge is -2.34. The predicted molar refractivity (Wildman–Crippen MR) is 99.7 cm³/mol. The fraction of sp³-hybridized carbons (Fsp3) is 0.688. The van der Waals surface area contributed by atoms with E-state index in [1.165, 1.54) is 11.4 Å². The second-order valence-electron chi connectivity index (χ2n) is 6.65. The van der Waals surface area contributed by atoms with E-state index in [9.17, 15) is 13.2 Å². The second-order valence-corrected chi connectivity index (χ2v) is 8.74. The van der Waals surface area contributed by atoms with Gasteiger partial charge in [0, 0.05) is 46.8 Å². The molecule has 1 fully saturated rings. The molecule has 10 nitrogen and oxygen atoms in total. The molecular weight excluding hydrogens is 372 g/mol. The Hall–Kier alpha value is -1.98. The molecule has 27 heavy (non-hydrogen) atoms. The highest BCUT2D eigenvalue weighted by molar-refractivity contribution is 7.89. The van der Waals surface area contributed by atoms with Crippen molar-refractivity contribution in [3.8, 4) is 0 Å². The quantitative estimate of drug-likeness (QED) is 0.628. The highest BCUT2D eigenvalue weighted by atomic mass is 32.2. The fourth-order valence-electron chi connectivity index (χ4n) is 3.37. The van der Waals surface area contributed by atoms with Crippen LogP contribution in [0.25, 0.3) is 11.0 Å². The topological polar surface area (TPSA) is 103 Å². The Morgan fingerprint density at radius 1 is 1.26 bits per heavy atom. The SMILES string of the molecule is COCCS(=O)(=O)N1CCN(C(=O)CCn2ncc3c2c(C)nn3C)CC1. The maximum atomic E-state index is 12.5. The largest absolute Gasteiger partial charge is 0.384 e. The van der Waals surface area contributed by atoms with Crippen molar-refractivity contribution in [3.63, 3.8) is 0 Å². The molecule has 11 heteroatoms. The molecule has 150 valence electrons. The molecule has 0 unspecified atom stereocenters. The minimum absolute atomic E-state index is 0.00846. The Balaban J connectivity index is 1.54. The molecule has 0 radical (unpaired) electrons. The highest BCUT2D eigenvalue weighted by Crippen LogP contribution is 2.17. The lowest BCUT2D eigenvalue weighted by molar-refractivity contribution is -0.132. The summed E-state index contributed by atoms with van der Waals surface area (Å²) in [6.45, 7) is 4.04. The summed E-state index contributed by atoms with van der Waals surface area (Å²) in [4.78, 5) is 14.2. The van der Waals surface area contributed by atoms with Crippen LogP contribution in [0.1, 0.15) is 12.1 Å². The van der Waals surface area contributed by atoms with Crippen molar-refractivity contribution in [3.05, 3.63) is 11.9 Å². The van der Waals surface area contributed by atoms with Crippen LogP contribution in [0.4, 0.5) is 0 Å². The van der Waals surface area contributed by atoms with Gasteiger partial charge in [-0.3, -0.25) is 14.2 Å². The van der Waals surface area contributed by atoms with Gasteiger partial charge in [0.25, 0.3) is 0 Å². The third kappa shape index (κ3) is 4.14. The Kier molecular flexibility index (Phi) is 5.82. The third-order valence-electron chi connectivity index (χ3n) is 4.88. The summed E-state index contributed by atoms with van der Waals surface area (Å²) in [5, 5.41) is 8.72. The van der Waals surface area contributed by atoms with E-state index in [2.05, 4.69) is 10.2 Å². The van der Waals surface area contributed by atoms with Crippen LogP contribution < -0.4 is 0 Å². The maximum absolute atomic E-state index is 12.5. The van der Waals surface area contributed by atoms with E-state index in [0.29, 0.717) is 39.1 Å². The van der Waals surface area contributed by atoms with Gasteiger partial charge in [-0.15, -0.1) is 0 Å². The van der Waals surface area contributed by atoms with Crippen LogP contribution in [-0.4, -0.2) is 88.7 Å². The van der Waals surface area contributed by atoms with Gasteiger partial charge in [-0.25, -0.2) is 8.42 Å². The molecule has 0 atom stereocenters. The smallest absolute Gasteiger partial charge is 0.224 e. The molecule has 2 aromatic heterocycles. The number of amides is 1. The first-order valence-corrected chi connectivity index (χ1v) is 10.5. The van der Waals surface area contributed by atoms with E-state index >= 15 is 0 Å². The Bertz CT molecular complexity index is 911. The van der Waals surface area contributed by atoms with E-state index in [4.69, 9.17) is 4.74 Å². The van der Waals surface area contributed by atoms with Crippen molar-refractivity contribution < 1.29 is 17.9 Å². The minimum atomic E-state index is -3.32. The zero-order valence-corrected chi connectivity index (χ0v) is 16.8. The molecular formula is C16H26N6O4S. The number of carbonyl (C=O) groups excluding carboxylic acids is 1. The average Bonchev–Trinajstić information content (AvgIpc) is 3.20. The van der Waals surface area contributed by atoms with E-state index in [1.807, 2.05) is 14.0 Å².